The van der Waals surface area contributed by atoms with Gasteiger partial charge in [0.15, 0.2) is 0 Å². The summed E-state index contributed by atoms with van der Waals surface area (Å²) in [5.41, 5.74) is 2.63. The van der Waals surface area contributed by atoms with Gasteiger partial charge < -0.3 is 10.6 Å². The Balaban J connectivity index is 2.46. The number of aryl methyl sites for hydroxylation is 1. The number of benzene rings is 1. The third-order valence-corrected chi connectivity index (χ3v) is 2.09. The lowest BCUT2D eigenvalue weighted by molar-refractivity contribution is -0.116. The number of carbonyl (C=O) groups excluding carboxylic acids is 1. The van der Waals surface area contributed by atoms with E-state index in [1.54, 1.807) is 0 Å². The normalized spacial score (nSPS) is 26.9. The highest BCUT2D eigenvalue weighted by molar-refractivity contribution is 6.02. The standard InChI is InChI=1S/C10H12N2O/c1-6-3-4-8-9(5-6)12-10(13)7(2)11-8/h3-5,7,11H,1-2H3,(H,12,13)/i7D. The van der Waals surface area contributed by atoms with Gasteiger partial charge in [0, 0.05) is 0 Å². The van der Waals surface area contributed by atoms with Crippen LogP contribution in [0.15, 0.2) is 18.2 Å². The van der Waals surface area contributed by atoms with E-state index in [1.165, 1.54) is 6.92 Å². The topological polar surface area (TPSA) is 41.1 Å². The Kier molecular flexibility index (Phi) is 1.48. The van der Waals surface area contributed by atoms with Gasteiger partial charge in [0.1, 0.15) is 6.02 Å². The first kappa shape index (κ1) is 6.95. The molecule has 0 fully saturated rings. The van der Waals surface area contributed by atoms with Crippen molar-refractivity contribution in [2.24, 2.45) is 0 Å². The van der Waals surface area contributed by atoms with Gasteiger partial charge in [0.2, 0.25) is 5.91 Å². The third-order valence-electron chi connectivity index (χ3n) is 2.09. The number of anilines is 2. The molecule has 1 aliphatic heterocycles. The van der Waals surface area contributed by atoms with Crippen molar-refractivity contribution in [3.05, 3.63) is 23.8 Å². The Hall–Kier alpha value is -1.51. The molecule has 0 radical (unpaired) electrons. The predicted molar refractivity (Wildman–Crippen MR) is 52.9 cm³/mol. The zero-order valence-corrected chi connectivity index (χ0v) is 7.64. The first-order valence-corrected chi connectivity index (χ1v) is 4.19. The Morgan fingerprint density at radius 3 is 3.00 bits per heavy atom. The number of rotatable bonds is 0. The van der Waals surface area contributed by atoms with Crippen LogP contribution in [-0.4, -0.2) is 11.9 Å². The smallest absolute Gasteiger partial charge is 0.246 e. The van der Waals surface area contributed by atoms with E-state index >= 15 is 0 Å². The van der Waals surface area contributed by atoms with Crippen LogP contribution in [0, 0.1) is 6.92 Å². The first-order valence-electron chi connectivity index (χ1n) is 4.69. The van der Waals surface area contributed by atoms with Crippen molar-refractivity contribution in [3.63, 3.8) is 0 Å². The Bertz CT molecular complexity index is 401. The lowest BCUT2D eigenvalue weighted by atomic mass is 10.1. The highest BCUT2D eigenvalue weighted by Crippen LogP contribution is 2.27. The first-order chi connectivity index (χ1) is 6.49. The van der Waals surface area contributed by atoms with Gasteiger partial charge >= 0.3 is 0 Å². The molecule has 0 aromatic heterocycles. The summed E-state index contributed by atoms with van der Waals surface area (Å²) in [5.74, 6) is -0.324. The number of nitrogens with one attached hydrogen (secondary N) is 2. The SMILES string of the molecule is [2H]C1(C)Nc2ccc(C)cc2NC1=O. The molecule has 3 nitrogen and oxygen atoms in total. The van der Waals surface area contributed by atoms with Crippen LogP contribution in [0.4, 0.5) is 11.4 Å². The molecule has 1 aliphatic rings. The number of amides is 1. The summed E-state index contributed by atoms with van der Waals surface area (Å²) in [6.07, 6.45) is 0. The maximum atomic E-state index is 11.4. The molecule has 13 heavy (non-hydrogen) atoms. The maximum Gasteiger partial charge on any atom is 0.246 e. The summed E-state index contributed by atoms with van der Waals surface area (Å²) in [4.78, 5) is 11.4. The third kappa shape index (κ3) is 1.37. The molecule has 2 rings (SSSR count). The van der Waals surface area contributed by atoms with Crippen LogP contribution in [0.3, 0.4) is 0 Å². The van der Waals surface area contributed by atoms with Crippen LogP contribution in [0.5, 0.6) is 0 Å². The van der Waals surface area contributed by atoms with Gasteiger partial charge in [-0.2, -0.15) is 0 Å². The highest BCUT2D eigenvalue weighted by Gasteiger charge is 2.20. The quantitative estimate of drug-likeness (QED) is 0.633. The zero-order valence-electron chi connectivity index (χ0n) is 8.64. The molecule has 68 valence electrons. The van der Waals surface area contributed by atoms with Crippen LogP contribution in [0.25, 0.3) is 0 Å². The van der Waals surface area contributed by atoms with E-state index < -0.39 is 6.02 Å². The van der Waals surface area contributed by atoms with Crippen LogP contribution < -0.4 is 10.6 Å². The van der Waals surface area contributed by atoms with E-state index in [4.69, 9.17) is 1.37 Å². The van der Waals surface area contributed by atoms with Crippen molar-refractivity contribution in [3.8, 4) is 0 Å². The van der Waals surface area contributed by atoms with Crippen molar-refractivity contribution in [1.82, 2.24) is 0 Å². The summed E-state index contributed by atoms with van der Waals surface area (Å²) in [6.45, 7) is 3.49. The summed E-state index contributed by atoms with van der Waals surface area (Å²) in [7, 11) is 0. The highest BCUT2D eigenvalue weighted by atomic mass is 16.2. The molecule has 0 spiro atoms. The molecule has 1 atom stereocenters. The second-order valence-electron chi connectivity index (χ2n) is 3.25. The molecular weight excluding hydrogens is 164 g/mol. The van der Waals surface area contributed by atoms with Gasteiger partial charge in [-0.1, -0.05) is 6.07 Å². The van der Waals surface area contributed by atoms with E-state index in [0.29, 0.717) is 0 Å². The summed E-state index contributed by atoms with van der Waals surface area (Å²) in [6, 6.07) is 4.42. The van der Waals surface area contributed by atoms with E-state index in [-0.39, 0.29) is 5.91 Å². The minimum absolute atomic E-state index is 0.324. The molecule has 0 saturated carbocycles. The van der Waals surface area contributed by atoms with E-state index in [2.05, 4.69) is 10.6 Å². The van der Waals surface area contributed by atoms with Gasteiger partial charge in [-0.15, -0.1) is 0 Å². The molecule has 2 N–H and O–H groups in total. The van der Waals surface area contributed by atoms with Gasteiger partial charge in [-0.25, -0.2) is 0 Å². The molecule has 0 saturated heterocycles. The molecule has 1 aromatic rings. The molecule has 0 bridgehead atoms. The van der Waals surface area contributed by atoms with E-state index in [0.717, 1.165) is 16.9 Å². The summed E-state index contributed by atoms with van der Waals surface area (Å²) in [5, 5.41) is 5.57. The molecule has 1 heterocycles. The van der Waals surface area contributed by atoms with Crippen LogP contribution in [0.1, 0.15) is 13.9 Å². The molecule has 3 heteroatoms. The minimum atomic E-state index is -1.28. The molecule has 0 aliphatic carbocycles. The second kappa shape index (κ2) is 2.76. The Morgan fingerprint density at radius 2 is 2.23 bits per heavy atom. The van der Waals surface area contributed by atoms with Crippen LogP contribution in [0.2, 0.25) is 0 Å². The predicted octanol–water partition coefficient (Wildman–Crippen LogP) is 1.75. The fourth-order valence-corrected chi connectivity index (χ4v) is 1.35. The average molecular weight is 177 g/mol. The summed E-state index contributed by atoms with van der Waals surface area (Å²) >= 11 is 0. The molecule has 1 unspecified atom stereocenters. The number of fused-ring (bicyclic) bond motifs is 1. The Morgan fingerprint density at radius 1 is 1.46 bits per heavy atom. The zero-order chi connectivity index (χ0) is 10.3. The molecule has 1 aromatic carbocycles. The lowest BCUT2D eigenvalue weighted by Gasteiger charge is -2.24. The number of carbonyl (C=O) groups is 1. The maximum absolute atomic E-state index is 11.4. The fourth-order valence-electron chi connectivity index (χ4n) is 1.35. The van der Waals surface area contributed by atoms with Crippen LogP contribution >= 0.6 is 0 Å². The van der Waals surface area contributed by atoms with Gasteiger partial charge in [-0.05, 0) is 31.5 Å². The monoisotopic (exact) mass is 177 g/mol. The van der Waals surface area contributed by atoms with Crippen LogP contribution in [-0.2, 0) is 4.79 Å². The largest absolute Gasteiger partial charge is 0.372 e. The van der Waals surface area contributed by atoms with Gasteiger partial charge in [-0.3, -0.25) is 4.79 Å². The average Bonchev–Trinajstić information content (AvgIpc) is 2.08. The number of hydrogen-bond acceptors (Lipinski definition) is 2. The lowest BCUT2D eigenvalue weighted by Crippen LogP contribution is -2.36. The van der Waals surface area contributed by atoms with Crippen molar-refractivity contribution in [1.29, 1.82) is 0 Å². The van der Waals surface area contributed by atoms with E-state index in [1.807, 2.05) is 25.1 Å². The molecule has 1 amide bonds. The van der Waals surface area contributed by atoms with E-state index in [9.17, 15) is 4.79 Å². The van der Waals surface area contributed by atoms with Crippen molar-refractivity contribution >= 4 is 17.3 Å². The second-order valence-corrected chi connectivity index (χ2v) is 3.25. The van der Waals surface area contributed by atoms with Crippen molar-refractivity contribution in [2.75, 3.05) is 10.6 Å². The van der Waals surface area contributed by atoms with Crippen molar-refractivity contribution < 1.29 is 6.17 Å². The van der Waals surface area contributed by atoms with Gasteiger partial charge in [0.25, 0.3) is 0 Å². The number of hydrogen-bond donors (Lipinski definition) is 2. The Labute approximate surface area is 78.6 Å². The summed E-state index contributed by atoms with van der Waals surface area (Å²) < 4.78 is 7.69. The van der Waals surface area contributed by atoms with Gasteiger partial charge in [0.05, 0.1) is 12.7 Å². The molecular formula is C10H12N2O. The minimum Gasteiger partial charge on any atom is -0.372 e. The fraction of sp³-hybridized carbons (Fsp3) is 0.300. The van der Waals surface area contributed by atoms with Crippen molar-refractivity contribution in [2.45, 2.75) is 19.9 Å².